The topological polar surface area (TPSA) is 77.7 Å². The molecule has 2 aromatic carbocycles. The van der Waals surface area contributed by atoms with Gasteiger partial charge in [0.2, 0.25) is 11.7 Å². The van der Waals surface area contributed by atoms with Crippen molar-refractivity contribution in [2.45, 2.75) is 6.54 Å². The summed E-state index contributed by atoms with van der Waals surface area (Å²) >= 11 is 0. The molecule has 134 valence electrons. The van der Waals surface area contributed by atoms with Crippen molar-refractivity contribution < 1.29 is 18.8 Å². The van der Waals surface area contributed by atoms with Gasteiger partial charge < -0.3 is 18.9 Å². The number of amides is 1. The van der Waals surface area contributed by atoms with Crippen LogP contribution in [0.15, 0.2) is 59.1 Å². The fraction of sp³-hybridized carbons (Fsp3) is 0.211. The third-order valence-electron chi connectivity index (χ3n) is 3.70. The van der Waals surface area contributed by atoms with E-state index in [2.05, 4.69) is 10.1 Å². The first-order valence-electron chi connectivity index (χ1n) is 8.04. The second kappa shape index (κ2) is 8.15. The van der Waals surface area contributed by atoms with Gasteiger partial charge in [0.1, 0.15) is 11.5 Å². The van der Waals surface area contributed by atoms with E-state index >= 15 is 0 Å². The molecule has 1 aromatic heterocycles. The smallest absolute Gasteiger partial charge is 0.260 e. The van der Waals surface area contributed by atoms with Crippen LogP contribution in [0.5, 0.6) is 11.5 Å². The molecule has 0 fully saturated rings. The lowest BCUT2D eigenvalue weighted by Crippen LogP contribution is -2.31. The number of benzene rings is 2. The molecule has 1 heterocycles. The van der Waals surface area contributed by atoms with Crippen LogP contribution in [0, 0.1) is 0 Å². The molecule has 3 aromatic rings. The normalized spacial score (nSPS) is 10.4. The average Bonchev–Trinajstić information content (AvgIpc) is 3.15. The van der Waals surface area contributed by atoms with Crippen LogP contribution in [0.1, 0.15) is 5.89 Å². The molecule has 26 heavy (non-hydrogen) atoms. The summed E-state index contributed by atoms with van der Waals surface area (Å²) in [7, 11) is 3.25. The minimum absolute atomic E-state index is 0.0581. The van der Waals surface area contributed by atoms with Crippen molar-refractivity contribution in [3.63, 3.8) is 0 Å². The summed E-state index contributed by atoms with van der Waals surface area (Å²) < 4.78 is 15.9. The number of methoxy groups -OCH3 is 1. The summed E-state index contributed by atoms with van der Waals surface area (Å²) in [6.45, 7) is 0.144. The largest absolute Gasteiger partial charge is 0.497 e. The highest BCUT2D eigenvalue weighted by Crippen LogP contribution is 2.21. The van der Waals surface area contributed by atoms with E-state index in [-0.39, 0.29) is 19.1 Å². The molecule has 7 nitrogen and oxygen atoms in total. The Hall–Kier alpha value is -3.35. The summed E-state index contributed by atoms with van der Waals surface area (Å²) in [5.74, 6) is 1.96. The van der Waals surface area contributed by atoms with Crippen LogP contribution in [0.2, 0.25) is 0 Å². The van der Waals surface area contributed by atoms with Gasteiger partial charge in [0.05, 0.1) is 13.7 Å². The predicted molar refractivity (Wildman–Crippen MR) is 94.7 cm³/mol. The van der Waals surface area contributed by atoms with Crippen molar-refractivity contribution in [1.29, 1.82) is 0 Å². The van der Waals surface area contributed by atoms with Gasteiger partial charge in [-0.3, -0.25) is 4.79 Å². The molecular formula is C19H19N3O4. The highest BCUT2D eigenvalue weighted by molar-refractivity contribution is 5.77. The Labute approximate surface area is 151 Å². The van der Waals surface area contributed by atoms with E-state index in [1.165, 1.54) is 4.90 Å². The molecule has 3 rings (SSSR count). The molecule has 0 unspecified atom stereocenters. The van der Waals surface area contributed by atoms with E-state index in [0.717, 1.165) is 5.56 Å². The Kier molecular flexibility index (Phi) is 5.48. The van der Waals surface area contributed by atoms with Gasteiger partial charge in [0, 0.05) is 12.6 Å². The maximum atomic E-state index is 12.2. The third kappa shape index (κ3) is 4.38. The maximum absolute atomic E-state index is 12.2. The SMILES string of the molecule is COc1cccc(-c2noc(CN(C)C(=O)COc3ccccc3)n2)c1. The summed E-state index contributed by atoms with van der Waals surface area (Å²) in [5.41, 5.74) is 0.778. The van der Waals surface area contributed by atoms with Gasteiger partial charge in [0.25, 0.3) is 5.91 Å². The summed E-state index contributed by atoms with van der Waals surface area (Å²) in [6.07, 6.45) is 0. The van der Waals surface area contributed by atoms with E-state index in [0.29, 0.717) is 23.2 Å². The number of carbonyl (C=O) groups is 1. The van der Waals surface area contributed by atoms with Crippen molar-refractivity contribution in [3.8, 4) is 22.9 Å². The first kappa shape index (κ1) is 17.5. The lowest BCUT2D eigenvalue weighted by molar-refractivity contribution is -0.132. The van der Waals surface area contributed by atoms with Gasteiger partial charge in [-0.05, 0) is 24.3 Å². The highest BCUT2D eigenvalue weighted by atomic mass is 16.5. The van der Waals surface area contributed by atoms with E-state index in [1.807, 2.05) is 42.5 Å². The first-order valence-corrected chi connectivity index (χ1v) is 8.04. The van der Waals surface area contributed by atoms with E-state index in [4.69, 9.17) is 14.0 Å². The van der Waals surface area contributed by atoms with Crippen LogP contribution < -0.4 is 9.47 Å². The quantitative estimate of drug-likeness (QED) is 0.650. The summed E-state index contributed by atoms with van der Waals surface area (Å²) in [4.78, 5) is 18.0. The van der Waals surface area contributed by atoms with Gasteiger partial charge in [-0.15, -0.1) is 0 Å². The van der Waals surface area contributed by atoms with Crippen LogP contribution in [0.3, 0.4) is 0 Å². The summed E-state index contributed by atoms with van der Waals surface area (Å²) in [6, 6.07) is 16.5. The molecule has 0 saturated heterocycles. The van der Waals surface area contributed by atoms with Gasteiger partial charge >= 0.3 is 0 Å². The maximum Gasteiger partial charge on any atom is 0.260 e. The standard InChI is InChI=1S/C19H19N3O4/c1-22(18(23)13-25-15-8-4-3-5-9-15)12-17-20-19(21-26-17)14-7-6-10-16(11-14)24-2/h3-11H,12-13H2,1-2H3. The Balaban J connectivity index is 1.58. The average molecular weight is 353 g/mol. The molecule has 1 amide bonds. The van der Waals surface area contributed by atoms with Crippen LogP contribution >= 0.6 is 0 Å². The molecule has 0 aliphatic carbocycles. The van der Waals surface area contributed by atoms with Gasteiger partial charge in [-0.1, -0.05) is 35.5 Å². The third-order valence-corrected chi connectivity index (χ3v) is 3.70. The number of hydrogen-bond donors (Lipinski definition) is 0. The van der Waals surface area contributed by atoms with E-state index in [1.54, 1.807) is 26.3 Å². The number of para-hydroxylation sites is 1. The molecule has 0 spiro atoms. The van der Waals surface area contributed by atoms with Crippen molar-refractivity contribution in [3.05, 3.63) is 60.5 Å². The van der Waals surface area contributed by atoms with Crippen LogP contribution in [-0.2, 0) is 11.3 Å². The Morgan fingerprint density at radius 3 is 2.65 bits per heavy atom. The van der Waals surface area contributed by atoms with Gasteiger partial charge in [-0.2, -0.15) is 4.98 Å². The Morgan fingerprint density at radius 1 is 1.12 bits per heavy atom. The zero-order valence-corrected chi connectivity index (χ0v) is 14.6. The molecular weight excluding hydrogens is 334 g/mol. The second-order valence-corrected chi connectivity index (χ2v) is 5.60. The monoisotopic (exact) mass is 353 g/mol. The number of hydrogen-bond acceptors (Lipinski definition) is 6. The van der Waals surface area contributed by atoms with Crippen molar-refractivity contribution in [2.75, 3.05) is 20.8 Å². The van der Waals surface area contributed by atoms with Gasteiger partial charge in [-0.25, -0.2) is 0 Å². The lowest BCUT2D eigenvalue weighted by atomic mass is 10.2. The zero-order chi connectivity index (χ0) is 18.4. The van der Waals surface area contributed by atoms with Gasteiger partial charge in [0.15, 0.2) is 6.61 Å². The number of carbonyl (C=O) groups excluding carboxylic acids is 1. The molecule has 0 radical (unpaired) electrons. The van der Waals surface area contributed by atoms with Crippen molar-refractivity contribution in [1.82, 2.24) is 15.0 Å². The molecule has 0 aliphatic heterocycles. The lowest BCUT2D eigenvalue weighted by Gasteiger charge is -2.15. The molecule has 7 heteroatoms. The van der Waals surface area contributed by atoms with Crippen molar-refractivity contribution >= 4 is 5.91 Å². The number of rotatable bonds is 7. The fourth-order valence-electron chi connectivity index (χ4n) is 2.26. The number of aromatic nitrogens is 2. The Morgan fingerprint density at radius 2 is 1.88 bits per heavy atom. The predicted octanol–water partition coefficient (Wildman–Crippen LogP) is 2.78. The second-order valence-electron chi connectivity index (χ2n) is 5.60. The fourth-order valence-corrected chi connectivity index (χ4v) is 2.26. The highest BCUT2D eigenvalue weighted by Gasteiger charge is 2.15. The van der Waals surface area contributed by atoms with Crippen LogP contribution in [0.25, 0.3) is 11.4 Å². The van der Waals surface area contributed by atoms with E-state index < -0.39 is 0 Å². The number of likely N-dealkylation sites (N-methyl/N-ethyl adjacent to an activating group) is 1. The molecule has 0 atom stereocenters. The molecule has 0 saturated carbocycles. The molecule has 0 N–H and O–H groups in total. The van der Waals surface area contributed by atoms with Crippen molar-refractivity contribution in [2.24, 2.45) is 0 Å². The van der Waals surface area contributed by atoms with E-state index in [9.17, 15) is 4.79 Å². The molecule has 0 bridgehead atoms. The van der Waals surface area contributed by atoms with Crippen LogP contribution in [-0.4, -0.2) is 41.7 Å². The minimum Gasteiger partial charge on any atom is -0.497 e. The summed E-state index contributed by atoms with van der Waals surface area (Å²) in [5, 5.41) is 3.96. The molecule has 0 aliphatic rings. The number of ether oxygens (including phenoxy) is 2. The number of nitrogens with zero attached hydrogens (tertiary/aromatic N) is 3. The minimum atomic E-state index is -0.185. The van der Waals surface area contributed by atoms with Crippen LogP contribution in [0.4, 0.5) is 0 Å². The zero-order valence-electron chi connectivity index (χ0n) is 14.6. The Bertz CT molecular complexity index is 864. The first-order chi connectivity index (χ1) is 12.7.